The lowest BCUT2D eigenvalue weighted by Crippen LogP contribution is -2.38. The Bertz CT molecular complexity index is 727. The van der Waals surface area contributed by atoms with E-state index in [1.165, 1.54) is 18.6 Å². The Labute approximate surface area is 153 Å². The minimum Gasteiger partial charge on any atom is -0.339 e. The highest BCUT2D eigenvalue weighted by molar-refractivity contribution is 5.78. The molecule has 1 aliphatic rings. The van der Waals surface area contributed by atoms with Gasteiger partial charge in [-0.2, -0.15) is 4.98 Å². The number of amides is 1. The molecule has 2 aromatic rings. The third-order valence-corrected chi connectivity index (χ3v) is 4.78. The maximum atomic E-state index is 13.0. The fourth-order valence-corrected chi connectivity index (χ4v) is 2.99. The van der Waals surface area contributed by atoms with E-state index in [1.807, 2.05) is 18.9 Å². The van der Waals surface area contributed by atoms with Gasteiger partial charge in [0.2, 0.25) is 11.8 Å². The van der Waals surface area contributed by atoms with Crippen molar-refractivity contribution in [3.8, 4) is 0 Å². The molecule has 1 amide bonds. The number of carbonyl (C=O) groups is 1. The molecule has 1 saturated carbocycles. The molecule has 6 nitrogen and oxygen atoms in total. The van der Waals surface area contributed by atoms with Crippen molar-refractivity contribution in [1.29, 1.82) is 0 Å². The smallest absolute Gasteiger partial charge is 0.237 e. The van der Waals surface area contributed by atoms with Crippen molar-refractivity contribution >= 4 is 5.91 Å². The van der Waals surface area contributed by atoms with E-state index in [9.17, 15) is 9.18 Å². The van der Waals surface area contributed by atoms with Gasteiger partial charge in [-0.25, -0.2) is 4.39 Å². The van der Waals surface area contributed by atoms with Crippen molar-refractivity contribution in [2.75, 3.05) is 20.1 Å². The van der Waals surface area contributed by atoms with E-state index in [-0.39, 0.29) is 18.3 Å². The molecule has 0 bridgehead atoms. The Morgan fingerprint density at radius 3 is 2.62 bits per heavy atom. The molecule has 0 saturated heterocycles. The van der Waals surface area contributed by atoms with E-state index in [2.05, 4.69) is 10.1 Å². The minimum absolute atomic E-state index is 0.00658. The van der Waals surface area contributed by atoms with Crippen molar-refractivity contribution in [3.05, 3.63) is 47.4 Å². The van der Waals surface area contributed by atoms with Crippen molar-refractivity contribution < 1.29 is 13.7 Å². The zero-order valence-electron chi connectivity index (χ0n) is 15.3. The summed E-state index contributed by atoms with van der Waals surface area (Å²) < 4.78 is 18.3. The Kier molecular flexibility index (Phi) is 5.98. The highest BCUT2D eigenvalue weighted by atomic mass is 19.1. The molecule has 140 valence electrons. The Morgan fingerprint density at radius 2 is 2.00 bits per heavy atom. The van der Waals surface area contributed by atoms with Crippen LogP contribution in [0.25, 0.3) is 0 Å². The maximum absolute atomic E-state index is 13.0. The molecule has 1 heterocycles. The van der Waals surface area contributed by atoms with E-state index in [0.29, 0.717) is 37.3 Å². The molecule has 0 N–H and O–H groups in total. The summed E-state index contributed by atoms with van der Waals surface area (Å²) in [6.07, 6.45) is 3.42. The van der Waals surface area contributed by atoms with Crippen LogP contribution in [0.1, 0.15) is 49.4 Å². The lowest BCUT2D eigenvalue weighted by atomic mass is 9.85. The van der Waals surface area contributed by atoms with Crippen LogP contribution in [0.15, 0.2) is 28.8 Å². The second-order valence-corrected chi connectivity index (χ2v) is 6.88. The van der Waals surface area contributed by atoms with E-state index in [0.717, 1.165) is 18.4 Å². The predicted octanol–water partition coefficient (Wildman–Crippen LogP) is 2.96. The van der Waals surface area contributed by atoms with Crippen molar-refractivity contribution in [3.63, 3.8) is 0 Å². The Hall–Kier alpha value is -2.28. The van der Waals surface area contributed by atoms with Gasteiger partial charge in [0.1, 0.15) is 5.82 Å². The third kappa shape index (κ3) is 4.66. The standard InChI is InChI=1S/C19H25FN4O2/c1-3-24(12-17-21-19(26-22-17)15-5-4-6-15)18(25)13-23(2)11-14-7-9-16(20)10-8-14/h7-10,15H,3-6,11-13H2,1-2H3. The van der Waals surface area contributed by atoms with Gasteiger partial charge in [0.15, 0.2) is 5.82 Å². The van der Waals surface area contributed by atoms with Gasteiger partial charge in [-0.3, -0.25) is 9.69 Å². The molecule has 0 unspecified atom stereocenters. The molecule has 3 rings (SSSR count). The van der Waals surface area contributed by atoms with Crippen molar-refractivity contribution in [2.24, 2.45) is 0 Å². The molecule has 0 radical (unpaired) electrons. The fourth-order valence-electron chi connectivity index (χ4n) is 2.99. The molecule has 0 atom stereocenters. The van der Waals surface area contributed by atoms with Crippen LogP contribution in [-0.4, -0.2) is 46.0 Å². The molecule has 26 heavy (non-hydrogen) atoms. The first kappa shape index (κ1) is 18.5. The minimum atomic E-state index is -0.258. The quantitative estimate of drug-likeness (QED) is 0.724. The molecule has 7 heteroatoms. The lowest BCUT2D eigenvalue weighted by molar-refractivity contribution is -0.132. The van der Waals surface area contributed by atoms with Crippen LogP contribution in [0, 0.1) is 5.82 Å². The maximum Gasteiger partial charge on any atom is 0.237 e. The molecule has 0 aliphatic heterocycles. The first-order valence-electron chi connectivity index (χ1n) is 9.08. The highest BCUT2D eigenvalue weighted by Gasteiger charge is 2.26. The highest BCUT2D eigenvalue weighted by Crippen LogP contribution is 2.35. The molecule has 1 aliphatic carbocycles. The van der Waals surface area contributed by atoms with Gasteiger partial charge in [-0.05, 0) is 44.5 Å². The topological polar surface area (TPSA) is 62.5 Å². The van der Waals surface area contributed by atoms with Crippen LogP contribution >= 0.6 is 0 Å². The second kappa shape index (κ2) is 8.40. The van der Waals surface area contributed by atoms with Crippen LogP contribution < -0.4 is 0 Å². The summed E-state index contributed by atoms with van der Waals surface area (Å²) in [5.74, 6) is 1.40. The SMILES string of the molecule is CCN(Cc1noc(C2CCC2)n1)C(=O)CN(C)Cc1ccc(F)cc1. The number of likely N-dealkylation sites (N-methyl/N-ethyl adjacent to an activating group) is 2. The summed E-state index contributed by atoms with van der Waals surface area (Å²) in [7, 11) is 1.87. The fraction of sp³-hybridized carbons (Fsp3) is 0.526. The van der Waals surface area contributed by atoms with E-state index < -0.39 is 0 Å². The molecule has 1 aromatic heterocycles. The molecular formula is C19H25FN4O2. The lowest BCUT2D eigenvalue weighted by Gasteiger charge is -2.23. The first-order chi connectivity index (χ1) is 12.5. The van der Waals surface area contributed by atoms with Gasteiger partial charge in [-0.15, -0.1) is 0 Å². The Balaban J connectivity index is 1.52. The summed E-state index contributed by atoms with van der Waals surface area (Å²) in [6, 6.07) is 6.32. The zero-order chi connectivity index (χ0) is 18.5. The number of aromatic nitrogens is 2. The number of benzene rings is 1. The third-order valence-electron chi connectivity index (χ3n) is 4.78. The van der Waals surface area contributed by atoms with Crippen molar-refractivity contribution in [2.45, 2.75) is 45.2 Å². The molecule has 0 spiro atoms. The number of rotatable bonds is 8. The average molecular weight is 360 g/mol. The van der Waals surface area contributed by atoms with Gasteiger partial charge in [0.25, 0.3) is 0 Å². The average Bonchev–Trinajstić information content (AvgIpc) is 3.01. The van der Waals surface area contributed by atoms with Gasteiger partial charge < -0.3 is 9.42 Å². The van der Waals surface area contributed by atoms with E-state index >= 15 is 0 Å². The van der Waals surface area contributed by atoms with Crippen LogP contribution in [0.3, 0.4) is 0 Å². The number of nitrogens with zero attached hydrogens (tertiary/aromatic N) is 4. The van der Waals surface area contributed by atoms with E-state index in [1.54, 1.807) is 17.0 Å². The first-order valence-corrected chi connectivity index (χ1v) is 9.08. The van der Waals surface area contributed by atoms with Crippen molar-refractivity contribution in [1.82, 2.24) is 19.9 Å². The monoisotopic (exact) mass is 360 g/mol. The van der Waals surface area contributed by atoms with Gasteiger partial charge in [0, 0.05) is 19.0 Å². The largest absolute Gasteiger partial charge is 0.339 e. The van der Waals surface area contributed by atoms with Gasteiger partial charge in [0.05, 0.1) is 13.1 Å². The van der Waals surface area contributed by atoms with Gasteiger partial charge >= 0.3 is 0 Å². The summed E-state index contributed by atoms with van der Waals surface area (Å²) in [4.78, 5) is 20.6. The Morgan fingerprint density at radius 1 is 1.27 bits per heavy atom. The van der Waals surface area contributed by atoms with Crippen LogP contribution in [-0.2, 0) is 17.9 Å². The zero-order valence-corrected chi connectivity index (χ0v) is 15.3. The molecular weight excluding hydrogens is 335 g/mol. The summed E-state index contributed by atoms with van der Waals surface area (Å²) in [6.45, 7) is 3.73. The molecule has 1 aromatic carbocycles. The van der Waals surface area contributed by atoms with Gasteiger partial charge in [-0.1, -0.05) is 23.7 Å². The number of halogens is 1. The number of hydrogen-bond donors (Lipinski definition) is 0. The number of hydrogen-bond acceptors (Lipinski definition) is 5. The summed E-state index contributed by atoms with van der Waals surface area (Å²) in [5, 5.41) is 4.02. The van der Waals surface area contributed by atoms with Crippen LogP contribution in [0.2, 0.25) is 0 Å². The summed E-state index contributed by atoms with van der Waals surface area (Å²) in [5.41, 5.74) is 0.966. The van der Waals surface area contributed by atoms with Crippen LogP contribution in [0.5, 0.6) is 0 Å². The summed E-state index contributed by atoms with van der Waals surface area (Å²) >= 11 is 0. The normalized spacial score (nSPS) is 14.5. The van der Waals surface area contributed by atoms with E-state index in [4.69, 9.17) is 4.52 Å². The molecule has 1 fully saturated rings. The second-order valence-electron chi connectivity index (χ2n) is 6.88. The predicted molar refractivity (Wildman–Crippen MR) is 94.7 cm³/mol. The number of carbonyl (C=O) groups excluding carboxylic acids is 1. The van der Waals surface area contributed by atoms with Crippen LogP contribution in [0.4, 0.5) is 4.39 Å².